The van der Waals surface area contributed by atoms with Gasteiger partial charge in [-0.15, -0.1) is 0 Å². The summed E-state index contributed by atoms with van der Waals surface area (Å²) < 4.78 is 22.9. The molecule has 16 nitrogen and oxygen atoms in total. The minimum atomic E-state index is -0.342. The van der Waals surface area contributed by atoms with E-state index in [1.807, 2.05) is 50.9 Å². The van der Waals surface area contributed by atoms with Crippen molar-refractivity contribution in [2.24, 2.45) is 24.1 Å². The van der Waals surface area contributed by atoms with Gasteiger partial charge < -0.3 is 27.7 Å². The molecule has 6 heterocycles. The van der Waals surface area contributed by atoms with Crippen LogP contribution >= 0.6 is 0 Å². The second kappa shape index (κ2) is 17.9. The van der Waals surface area contributed by atoms with E-state index >= 15 is 0 Å². The molecule has 6 aromatic rings. The lowest BCUT2D eigenvalue weighted by Gasteiger charge is -2.26. The Hall–Kier alpha value is -5.68. The number of carbonyl (C=O) groups excluding carboxylic acids is 2. The molecule has 0 aliphatic carbocycles. The van der Waals surface area contributed by atoms with Crippen LogP contribution in [0.15, 0.2) is 70.7 Å². The summed E-state index contributed by atoms with van der Waals surface area (Å²) in [6.45, 7) is 17.6. The number of para-hydroxylation sites is 2. The highest BCUT2D eigenvalue weighted by atomic mass is 16.5. The molecule has 2 amide bonds. The maximum atomic E-state index is 13.9. The van der Waals surface area contributed by atoms with E-state index in [0.29, 0.717) is 75.2 Å². The quantitative estimate of drug-likeness (QED) is 0.171. The number of allylic oxidation sites excluding steroid dienone is 2. The summed E-state index contributed by atoms with van der Waals surface area (Å²) in [6, 6.07) is 16.3. The smallest absolute Gasteiger partial charge is 0.298 e. The number of amides is 2. The minimum Gasteiger partial charge on any atom is -0.379 e. The molecule has 316 valence electrons. The van der Waals surface area contributed by atoms with E-state index in [0.717, 1.165) is 83.9 Å². The van der Waals surface area contributed by atoms with Gasteiger partial charge >= 0.3 is 0 Å². The van der Waals surface area contributed by atoms with E-state index in [4.69, 9.17) is 19.5 Å². The van der Waals surface area contributed by atoms with Crippen molar-refractivity contribution in [2.45, 2.75) is 67.0 Å². The summed E-state index contributed by atoms with van der Waals surface area (Å²) in [6.07, 6.45) is 4.20. The second-order valence-corrected chi connectivity index (χ2v) is 15.6. The van der Waals surface area contributed by atoms with Gasteiger partial charge in [-0.25, -0.2) is 0 Å². The van der Waals surface area contributed by atoms with E-state index < -0.39 is 0 Å². The number of morpholine rings is 2. The van der Waals surface area contributed by atoms with Gasteiger partial charge in [0.2, 0.25) is 11.2 Å². The molecule has 0 radical (unpaired) electrons. The highest BCUT2D eigenvalue weighted by molar-refractivity contribution is 5.94. The van der Waals surface area contributed by atoms with Crippen LogP contribution in [-0.4, -0.2) is 112 Å². The van der Waals surface area contributed by atoms with Crippen LogP contribution in [0.25, 0.3) is 22.1 Å². The Kier molecular flexibility index (Phi) is 12.2. The number of imidazole rings is 2. The van der Waals surface area contributed by atoms with Gasteiger partial charge in [0, 0.05) is 79.5 Å². The Morgan fingerprint density at radius 2 is 1.05 bits per heavy atom. The minimum absolute atomic E-state index is 0.342. The zero-order valence-corrected chi connectivity index (χ0v) is 35.7. The summed E-state index contributed by atoms with van der Waals surface area (Å²) in [7, 11) is 3.97. The third-order valence-electron chi connectivity index (χ3n) is 11.5. The van der Waals surface area contributed by atoms with Crippen LogP contribution in [-0.2, 0) is 62.8 Å². The number of benzene rings is 2. The molecule has 8 rings (SSSR count). The van der Waals surface area contributed by atoms with Crippen LogP contribution in [0.4, 0.5) is 0 Å². The SMILES string of the molecule is CCn1nc(C)cc1C(=O)/N=c1\n(C)c2c(CN3CCOCC3)cccc2n1C/C=C/Cn1/c(=N/C(=O)c2cc(C)nn2CC)n(C)c2c(CN3CCOCC3)cccc21. The molecule has 0 N–H and O–H groups in total. The summed E-state index contributed by atoms with van der Waals surface area (Å²) in [4.78, 5) is 42.2. The first kappa shape index (κ1) is 41.1. The lowest BCUT2D eigenvalue weighted by Crippen LogP contribution is -2.35. The fraction of sp³-hybridized carbons (Fsp3) is 0.455. The number of hydrogen-bond donors (Lipinski definition) is 0. The third-order valence-corrected chi connectivity index (χ3v) is 11.5. The predicted molar refractivity (Wildman–Crippen MR) is 228 cm³/mol. The number of aromatic nitrogens is 8. The Morgan fingerprint density at radius 3 is 1.43 bits per heavy atom. The van der Waals surface area contributed by atoms with Crippen LogP contribution in [0.3, 0.4) is 0 Å². The van der Waals surface area contributed by atoms with E-state index in [1.54, 1.807) is 21.5 Å². The van der Waals surface area contributed by atoms with Crippen LogP contribution in [0.1, 0.15) is 57.3 Å². The van der Waals surface area contributed by atoms with Gasteiger partial charge in [-0.1, -0.05) is 36.4 Å². The summed E-state index contributed by atoms with van der Waals surface area (Å²) in [5.41, 5.74) is 9.89. The first-order chi connectivity index (χ1) is 29.1. The molecule has 60 heavy (non-hydrogen) atoms. The fourth-order valence-corrected chi connectivity index (χ4v) is 8.60. The molecule has 0 bridgehead atoms. The third kappa shape index (κ3) is 8.24. The number of nitrogens with zero attached hydrogens (tertiary/aromatic N) is 12. The zero-order valence-electron chi connectivity index (χ0n) is 35.7. The monoisotopic (exact) mass is 816 g/mol. The maximum absolute atomic E-state index is 13.9. The molecule has 2 aliphatic rings. The maximum Gasteiger partial charge on any atom is 0.298 e. The number of fused-ring (bicyclic) bond motifs is 2. The highest BCUT2D eigenvalue weighted by Crippen LogP contribution is 2.22. The molecule has 2 fully saturated rings. The van der Waals surface area contributed by atoms with Crippen LogP contribution < -0.4 is 11.2 Å². The van der Waals surface area contributed by atoms with Gasteiger partial charge in [-0.05, 0) is 63.1 Å². The van der Waals surface area contributed by atoms with Crippen LogP contribution in [0.5, 0.6) is 0 Å². The van der Waals surface area contributed by atoms with Gasteiger partial charge in [-0.2, -0.15) is 20.2 Å². The van der Waals surface area contributed by atoms with E-state index in [2.05, 4.69) is 77.7 Å². The Morgan fingerprint density at radius 1 is 0.650 bits per heavy atom. The topological polar surface area (TPSA) is 139 Å². The highest BCUT2D eigenvalue weighted by Gasteiger charge is 2.21. The van der Waals surface area contributed by atoms with Crippen molar-refractivity contribution in [3.8, 4) is 0 Å². The van der Waals surface area contributed by atoms with Gasteiger partial charge in [0.15, 0.2) is 0 Å². The van der Waals surface area contributed by atoms with E-state index in [9.17, 15) is 9.59 Å². The molecule has 2 saturated heterocycles. The van der Waals surface area contributed by atoms with Crippen molar-refractivity contribution in [2.75, 3.05) is 52.6 Å². The standard InChI is InChI=1S/C44H56N12O4/c1-7-55-37(27-31(3)47-55)41(57)45-43-49(5)39-33(29-51-19-23-59-24-20-51)13-11-15-35(39)53(43)17-9-10-18-54-36-16-12-14-34(30-52-21-25-60-26-22-52)40(36)50(6)44(54)46-42(58)38-28-32(4)48-56(38)8-2/h9-16,27-28H,7-8,17-26,29-30H2,1-6H3/b10-9+,45-43+,46-44+. The number of ether oxygens (including phenoxy) is 2. The lowest BCUT2D eigenvalue weighted by atomic mass is 10.1. The first-order valence-electron chi connectivity index (χ1n) is 21.0. The molecule has 2 aliphatic heterocycles. The zero-order chi connectivity index (χ0) is 41.9. The number of carbonyl (C=O) groups is 2. The van der Waals surface area contributed by atoms with Gasteiger partial charge in [0.1, 0.15) is 11.4 Å². The van der Waals surface area contributed by atoms with Crippen molar-refractivity contribution in [1.82, 2.24) is 47.6 Å². The fourth-order valence-electron chi connectivity index (χ4n) is 8.60. The lowest BCUT2D eigenvalue weighted by molar-refractivity contribution is 0.0342. The van der Waals surface area contributed by atoms with Crippen molar-refractivity contribution in [1.29, 1.82) is 0 Å². The molecule has 0 saturated carbocycles. The van der Waals surface area contributed by atoms with E-state index in [-0.39, 0.29) is 11.8 Å². The molecule has 16 heteroatoms. The van der Waals surface area contributed by atoms with Crippen molar-refractivity contribution >= 4 is 33.9 Å². The Bertz CT molecular complexity index is 2520. The number of hydrogen-bond acceptors (Lipinski definition) is 8. The summed E-state index contributed by atoms with van der Waals surface area (Å²) in [5, 5.41) is 9.02. The second-order valence-electron chi connectivity index (χ2n) is 15.6. The average molecular weight is 817 g/mol. The van der Waals surface area contributed by atoms with Crippen molar-refractivity contribution in [3.63, 3.8) is 0 Å². The molecule has 0 spiro atoms. The molecule has 4 aromatic heterocycles. The van der Waals surface area contributed by atoms with E-state index in [1.165, 1.54) is 0 Å². The van der Waals surface area contributed by atoms with Crippen LogP contribution in [0, 0.1) is 13.8 Å². The van der Waals surface area contributed by atoms with Gasteiger partial charge in [0.25, 0.3) is 11.8 Å². The van der Waals surface area contributed by atoms with Crippen LogP contribution in [0.2, 0.25) is 0 Å². The van der Waals surface area contributed by atoms with Crippen molar-refractivity contribution in [3.05, 3.63) is 106 Å². The first-order valence-corrected chi connectivity index (χ1v) is 21.0. The van der Waals surface area contributed by atoms with Gasteiger partial charge in [0.05, 0.1) is 59.9 Å². The normalized spacial score (nSPS) is 16.4. The Labute approximate surface area is 349 Å². The number of aryl methyl sites for hydroxylation is 6. The average Bonchev–Trinajstić information content (AvgIpc) is 3.98. The molecule has 0 unspecified atom stereocenters. The molecular formula is C44H56N12O4. The van der Waals surface area contributed by atoms with Gasteiger partial charge in [-0.3, -0.25) is 28.8 Å². The Balaban J connectivity index is 1.19. The molecule has 2 aromatic carbocycles. The largest absolute Gasteiger partial charge is 0.379 e. The summed E-state index contributed by atoms with van der Waals surface area (Å²) >= 11 is 0. The predicted octanol–water partition coefficient (Wildman–Crippen LogP) is 3.73. The number of rotatable bonds is 12. The molecular weight excluding hydrogens is 761 g/mol. The van der Waals surface area contributed by atoms with Crippen molar-refractivity contribution < 1.29 is 19.1 Å². The molecule has 0 atom stereocenters. The summed E-state index contributed by atoms with van der Waals surface area (Å²) in [5.74, 6) is -0.684.